The van der Waals surface area contributed by atoms with Crippen molar-refractivity contribution in [3.63, 3.8) is 0 Å². The molecule has 1 aromatic heterocycles. The molecule has 2 atom stereocenters. The molecule has 32 heavy (non-hydrogen) atoms. The fourth-order valence-corrected chi connectivity index (χ4v) is 5.67. The largest absolute Gasteiger partial charge is 0.457 e. The Morgan fingerprint density at radius 2 is 1.50 bits per heavy atom. The Bertz CT molecular complexity index is 1010. The Labute approximate surface area is 190 Å². The second kappa shape index (κ2) is 9.68. The van der Waals surface area contributed by atoms with E-state index in [1.165, 1.54) is 31.4 Å². The Kier molecular flexibility index (Phi) is 6.34. The van der Waals surface area contributed by atoms with E-state index < -0.39 is 0 Å². The van der Waals surface area contributed by atoms with Crippen LogP contribution in [0.4, 0.5) is 0 Å². The molecule has 1 heterocycles. The molecule has 0 radical (unpaired) electrons. The van der Waals surface area contributed by atoms with Gasteiger partial charge in [0.15, 0.2) is 0 Å². The summed E-state index contributed by atoms with van der Waals surface area (Å²) in [6, 6.07) is 24.1. The second-order valence-electron chi connectivity index (χ2n) is 9.51. The molecule has 0 amide bonds. The summed E-state index contributed by atoms with van der Waals surface area (Å²) in [4.78, 5) is 17.4. The van der Waals surface area contributed by atoms with Gasteiger partial charge >= 0.3 is 0 Å². The van der Waals surface area contributed by atoms with Crippen molar-refractivity contribution in [3.8, 4) is 11.5 Å². The summed E-state index contributed by atoms with van der Waals surface area (Å²) in [7, 11) is 0. The number of para-hydroxylation sites is 1. The highest BCUT2D eigenvalue weighted by Gasteiger charge is 2.38. The molecule has 0 spiro atoms. The maximum absolute atomic E-state index is 12.9. The lowest BCUT2D eigenvalue weighted by Gasteiger charge is -2.32. The average Bonchev–Trinajstić information content (AvgIpc) is 3.23. The number of aromatic nitrogens is 1. The van der Waals surface area contributed by atoms with Gasteiger partial charge in [0.05, 0.1) is 0 Å². The first kappa shape index (κ1) is 20.9. The third-order valence-electron chi connectivity index (χ3n) is 7.43. The van der Waals surface area contributed by atoms with Crippen LogP contribution in [0.2, 0.25) is 0 Å². The van der Waals surface area contributed by atoms with Crippen molar-refractivity contribution in [2.75, 3.05) is 0 Å². The Morgan fingerprint density at radius 3 is 2.22 bits per heavy atom. The number of carbonyl (C=O) groups excluding carboxylic acids is 1. The highest BCUT2D eigenvalue weighted by atomic mass is 16.5. The number of hydrogen-bond acceptors (Lipinski definition) is 3. The highest BCUT2D eigenvalue weighted by molar-refractivity contribution is 5.88. The normalized spacial score (nSPS) is 25.6. The molecule has 0 N–H and O–H groups in total. The summed E-state index contributed by atoms with van der Waals surface area (Å²) in [6.45, 7) is 0. The SMILES string of the molecule is O=C1CC(C2CCC(Cc3ccccn3)CC2)CC1c1ccc(Oc2ccccc2)cc1. The molecule has 2 unspecified atom stereocenters. The van der Waals surface area contributed by atoms with Crippen LogP contribution < -0.4 is 4.74 Å². The van der Waals surface area contributed by atoms with Crippen molar-refractivity contribution in [3.05, 3.63) is 90.3 Å². The van der Waals surface area contributed by atoms with E-state index in [-0.39, 0.29) is 5.92 Å². The smallest absolute Gasteiger partial charge is 0.140 e. The van der Waals surface area contributed by atoms with E-state index in [2.05, 4.69) is 29.2 Å². The number of rotatable bonds is 6. The summed E-state index contributed by atoms with van der Waals surface area (Å²) < 4.78 is 5.90. The molecule has 3 heteroatoms. The van der Waals surface area contributed by atoms with Gasteiger partial charge in [-0.1, -0.05) is 36.4 Å². The first-order valence-corrected chi connectivity index (χ1v) is 12.0. The van der Waals surface area contributed by atoms with Crippen molar-refractivity contribution in [2.24, 2.45) is 17.8 Å². The fourth-order valence-electron chi connectivity index (χ4n) is 5.67. The predicted molar refractivity (Wildman–Crippen MR) is 127 cm³/mol. The molecule has 0 bridgehead atoms. The third-order valence-corrected chi connectivity index (χ3v) is 7.43. The number of pyridine rings is 1. The predicted octanol–water partition coefficient (Wildman–Crippen LogP) is 6.99. The van der Waals surface area contributed by atoms with Crippen molar-refractivity contribution in [1.82, 2.24) is 4.98 Å². The van der Waals surface area contributed by atoms with Crippen LogP contribution >= 0.6 is 0 Å². The van der Waals surface area contributed by atoms with Gasteiger partial charge in [0, 0.05) is 24.2 Å². The Hall–Kier alpha value is -2.94. The Morgan fingerprint density at radius 1 is 0.781 bits per heavy atom. The van der Waals surface area contributed by atoms with Crippen molar-refractivity contribution in [1.29, 1.82) is 0 Å². The number of hydrogen-bond donors (Lipinski definition) is 0. The molecule has 0 saturated heterocycles. The van der Waals surface area contributed by atoms with Crippen molar-refractivity contribution >= 4 is 5.78 Å². The van der Waals surface area contributed by atoms with Gasteiger partial charge < -0.3 is 4.74 Å². The van der Waals surface area contributed by atoms with Crippen LogP contribution in [-0.4, -0.2) is 10.8 Å². The molecule has 2 aliphatic carbocycles. The second-order valence-corrected chi connectivity index (χ2v) is 9.51. The fraction of sp³-hybridized carbons (Fsp3) is 0.379. The molecular weight excluding hydrogens is 394 g/mol. The summed E-state index contributed by atoms with van der Waals surface area (Å²) in [5.41, 5.74) is 2.36. The minimum atomic E-state index is 0.0528. The van der Waals surface area contributed by atoms with Gasteiger partial charge in [-0.3, -0.25) is 9.78 Å². The number of benzene rings is 2. The minimum absolute atomic E-state index is 0.0528. The van der Waals surface area contributed by atoms with Crippen LogP contribution in [0, 0.1) is 17.8 Å². The van der Waals surface area contributed by atoms with Gasteiger partial charge in [-0.05, 0) is 98.2 Å². The van der Waals surface area contributed by atoms with Gasteiger partial charge in [0.1, 0.15) is 17.3 Å². The van der Waals surface area contributed by atoms with Gasteiger partial charge in [-0.15, -0.1) is 0 Å². The Balaban J connectivity index is 1.15. The van der Waals surface area contributed by atoms with Gasteiger partial charge in [0.2, 0.25) is 0 Å². The van der Waals surface area contributed by atoms with Crippen LogP contribution in [0.25, 0.3) is 0 Å². The molecule has 5 rings (SSSR count). The van der Waals surface area contributed by atoms with Crippen LogP contribution in [0.3, 0.4) is 0 Å². The summed E-state index contributed by atoms with van der Waals surface area (Å²) in [6.07, 6.45) is 9.79. The zero-order valence-electron chi connectivity index (χ0n) is 18.5. The molecule has 3 aromatic rings. The van der Waals surface area contributed by atoms with Crippen LogP contribution in [0.1, 0.15) is 55.7 Å². The molecule has 2 aliphatic rings. The number of Topliss-reactive ketones (excluding diaryl/α,β-unsaturated/α-hetero) is 1. The molecular formula is C29H31NO2. The number of ketones is 1. The summed E-state index contributed by atoms with van der Waals surface area (Å²) in [5, 5.41) is 0. The van der Waals surface area contributed by atoms with E-state index in [9.17, 15) is 4.79 Å². The van der Waals surface area contributed by atoms with Gasteiger partial charge in [-0.25, -0.2) is 0 Å². The molecule has 2 aromatic carbocycles. The maximum Gasteiger partial charge on any atom is 0.140 e. The van der Waals surface area contributed by atoms with Crippen LogP contribution in [-0.2, 0) is 11.2 Å². The van der Waals surface area contributed by atoms with Crippen molar-refractivity contribution < 1.29 is 9.53 Å². The first-order valence-electron chi connectivity index (χ1n) is 12.0. The third kappa shape index (κ3) is 4.93. The zero-order chi connectivity index (χ0) is 21.8. The van der Waals surface area contributed by atoms with E-state index in [0.717, 1.165) is 42.2 Å². The molecule has 2 saturated carbocycles. The van der Waals surface area contributed by atoms with Crippen molar-refractivity contribution in [2.45, 2.75) is 50.9 Å². The average molecular weight is 426 g/mol. The molecule has 0 aliphatic heterocycles. The standard InChI is InChI=1S/C29H31NO2/c31-29-20-24(22-11-9-21(10-12-22)18-25-6-4-5-17-30-25)19-28(29)23-13-15-27(16-14-23)32-26-7-2-1-3-8-26/h1-8,13-17,21-22,24,28H,9-12,18-20H2. The first-order chi connectivity index (χ1) is 15.7. The number of ether oxygens (including phenoxy) is 1. The highest BCUT2D eigenvalue weighted by Crippen LogP contribution is 2.45. The summed E-state index contributed by atoms with van der Waals surface area (Å²) in [5.74, 6) is 4.10. The number of nitrogens with zero attached hydrogens (tertiary/aromatic N) is 1. The van der Waals surface area contributed by atoms with Crippen LogP contribution in [0.15, 0.2) is 79.0 Å². The minimum Gasteiger partial charge on any atom is -0.457 e. The lowest BCUT2D eigenvalue weighted by Crippen LogP contribution is -2.22. The van der Waals surface area contributed by atoms with E-state index in [1.807, 2.05) is 54.7 Å². The van der Waals surface area contributed by atoms with E-state index in [4.69, 9.17) is 4.74 Å². The number of carbonyl (C=O) groups is 1. The maximum atomic E-state index is 12.9. The summed E-state index contributed by atoms with van der Waals surface area (Å²) >= 11 is 0. The van der Waals surface area contributed by atoms with E-state index >= 15 is 0 Å². The monoisotopic (exact) mass is 425 g/mol. The molecule has 2 fully saturated rings. The lowest BCUT2D eigenvalue weighted by atomic mass is 9.73. The van der Waals surface area contributed by atoms with E-state index in [1.54, 1.807) is 0 Å². The molecule has 3 nitrogen and oxygen atoms in total. The van der Waals surface area contributed by atoms with Crippen LogP contribution in [0.5, 0.6) is 11.5 Å². The molecule has 164 valence electrons. The van der Waals surface area contributed by atoms with E-state index in [0.29, 0.717) is 17.6 Å². The van der Waals surface area contributed by atoms with Gasteiger partial charge in [0.25, 0.3) is 0 Å². The van der Waals surface area contributed by atoms with Gasteiger partial charge in [-0.2, -0.15) is 0 Å². The zero-order valence-corrected chi connectivity index (χ0v) is 18.5. The quantitative estimate of drug-likeness (QED) is 0.427. The lowest BCUT2D eigenvalue weighted by molar-refractivity contribution is -0.118. The topological polar surface area (TPSA) is 39.2 Å².